The molecule has 4 nitrogen and oxygen atoms in total. The number of nitrogens with zero attached hydrogens (tertiary/aromatic N) is 1. The average Bonchev–Trinajstić information content (AvgIpc) is 3.39. The lowest BCUT2D eigenvalue weighted by atomic mass is 10.00. The molecule has 0 radical (unpaired) electrons. The fraction of sp³-hybridized carbons (Fsp3) is 0.0556. The minimum atomic E-state index is -0.201. The first-order chi connectivity index (χ1) is 19.7. The van der Waals surface area contributed by atoms with Crippen molar-refractivity contribution in [3.8, 4) is 0 Å². The first kappa shape index (κ1) is 25.1. The molecular formula is C36H28N2O2. The second-order valence-electron chi connectivity index (χ2n) is 9.80. The molecule has 0 aromatic heterocycles. The fourth-order valence-corrected chi connectivity index (χ4v) is 5.20. The zero-order valence-electron chi connectivity index (χ0n) is 21.9. The number of carbonyl (C=O) groups is 2. The number of amides is 2. The van der Waals surface area contributed by atoms with Crippen molar-refractivity contribution in [1.82, 2.24) is 0 Å². The molecule has 5 aromatic rings. The number of hydrogen-bond acceptors (Lipinski definition) is 2. The summed E-state index contributed by atoms with van der Waals surface area (Å²) in [4.78, 5) is 29.1. The zero-order chi connectivity index (χ0) is 27.3. The van der Waals surface area contributed by atoms with Gasteiger partial charge in [-0.25, -0.2) is 0 Å². The van der Waals surface area contributed by atoms with Crippen molar-refractivity contribution in [2.24, 2.45) is 0 Å². The van der Waals surface area contributed by atoms with Crippen LogP contribution >= 0.6 is 0 Å². The van der Waals surface area contributed by atoms with Gasteiger partial charge in [-0.05, 0) is 65.1 Å². The summed E-state index contributed by atoms with van der Waals surface area (Å²) in [5.74, 6) is -0.269. The maximum atomic E-state index is 14.0. The third-order valence-corrected chi connectivity index (χ3v) is 7.20. The van der Waals surface area contributed by atoms with Gasteiger partial charge in [0.05, 0.1) is 17.4 Å². The Morgan fingerprint density at radius 2 is 1.25 bits per heavy atom. The van der Waals surface area contributed by atoms with Crippen LogP contribution in [0.2, 0.25) is 0 Å². The highest BCUT2D eigenvalue weighted by atomic mass is 16.2. The molecule has 1 aliphatic rings. The van der Waals surface area contributed by atoms with Crippen LogP contribution in [-0.2, 0) is 6.42 Å². The molecule has 4 heteroatoms. The molecule has 1 aliphatic heterocycles. The van der Waals surface area contributed by atoms with Crippen LogP contribution in [0.5, 0.6) is 0 Å². The van der Waals surface area contributed by atoms with Gasteiger partial charge < -0.3 is 10.2 Å². The monoisotopic (exact) mass is 520 g/mol. The average molecular weight is 521 g/mol. The van der Waals surface area contributed by atoms with Crippen molar-refractivity contribution < 1.29 is 9.59 Å². The maximum absolute atomic E-state index is 14.0. The SMILES string of the molecule is O=C(Nc1cc2c(cc1C=Cc1ccccc1)C[C@H](c1ccccc1)N2C(=O)c1ccccc1)c1ccccc1. The van der Waals surface area contributed by atoms with Crippen molar-refractivity contribution in [1.29, 1.82) is 0 Å². The Hall–Kier alpha value is -5.22. The summed E-state index contributed by atoms with van der Waals surface area (Å²) >= 11 is 0. The van der Waals surface area contributed by atoms with E-state index in [0.717, 1.165) is 27.9 Å². The van der Waals surface area contributed by atoms with Crippen molar-refractivity contribution in [3.63, 3.8) is 0 Å². The third-order valence-electron chi connectivity index (χ3n) is 7.20. The Bertz CT molecular complexity index is 1660. The third kappa shape index (κ3) is 5.20. The van der Waals surface area contributed by atoms with Crippen molar-refractivity contribution in [2.45, 2.75) is 12.5 Å². The summed E-state index contributed by atoms with van der Waals surface area (Å²) in [6.07, 6.45) is 4.74. The molecule has 0 fully saturated rings. The van der Waals surface area contributed by atoms with Gasteiger partial charge in [0, 0.05) is 11.1 Å². The maximum Gasteiger partial charge on any atom is 0.258 e. The smallest absolute Gasteiger partial charge is 0.258 e. The van der Waals surface area contributed by atoms with E-state index >= 15 is 0 Å². The van der Waals surface area contributed by atoms with Gasteiger partial charge in [-0.3, -0.25) is 9.59 Å². The molecule has 1 N–H and O–H groups in total. The molecule has 0 saturated heterocycles. The van der Waals surface area contributed by atoms with E-state index in [1.165, 1.54) is 0 Å². The van der Waals surface area contributed by atoms with Crippen molar-refractivity contribution in [2.75, 3.05) is 10.2 Å². The van der Waals surface area contributed by atoms with Gasteiger partial charge in [0.1, 0.15) is 0 Å². The standard InChI is InChI=1S/C36H28N2O2/c39-35(28-17-9-3-10-18-28)37-32-25-34-31(23-30(32)22-21-26-13-5-1-6-14-26)24-33(27-15-7-2-8-16-27)38(34)36(40)29-19-11-4-12-20-29/h1-23,25,33H,24H2,(H,37,39)/t33-/m1/s1. The highest BCUT2D eigenvalue weighted by molar-refractivity contribution is 6.10. The molecule has 6 rings (SSSR count). The van der Waals surface area contributed by atoms with Crippen LogP contribution in [0.3, 0.4) is 0 Å². The molecule has 1 atom stereocenters. The van der Waals surface area contributed by atoms with Gasteiger partial charge in [-0.15, -0.1) is 0 Å². The fourth-order valence-electron chi connectivity index (χ4n) is 5.20. The summed E-state index contributed by atoms with van der Waals surface area (Å²) < 4.78 is 0. The Morgan fingerprint density at radius 1 is 0.675 bits per heavy atom. The number of hydrogen-bond donors (Lipinski definition) is 1. The predicted octanol–water partition coefficient (Wildman–Crippen LogP) is 8.05. The van der Waals surface area contributed by atoms with E-state index < -0.39 is 0 Å². The summed E-state index contributed by atoms with van der Waals surface area (Å²) in [5, 5.41) is 3.12. The Balaban J connectivity index is 1.46. The Labute approximate surface area is 234 Å². The van der Waals surface area contributed by atoms with E-state index in [9.17, 15) is 9.59 Å². The van der Waals surface area contributed by atoms with Gasteiger partial charge in [-0.1, -0.05) is 109 Å². The molecule has 0 bridgehead atoms. The van der Waals surface area contributed by atoms with Gasteiger partial charge >= 0.3 is 0 Å². The minimum absolute atomic E-state index is 0.0684. The predicted molar refractivity (Wildman–Crippen MR) is 162 cm³/mol. The zero-order valence-corrected chi connectivity index (χ0v) is 21.9. The van der Waals surface area contributed by atoms with Crippen LogP contribution in [-0.4, -0.2) is 11.8 Å². The van der Waals surface area contributed by atoms with Gasteiger partial charge in [0.25, 0.3) is 11.8 Å². The van der Waals surface area contributed by atoms with Gasteiger partial charge in [0.15, 0.2) is 0 Å². The van der Waals surface area contributed by atoms with E-state index in [2.05, 4.69) is 23.5 Å². The number of nitrogens with one attached hydrogen (secondary N) is 1. The quantitative estimate of drug-likeness (QED) is 0.230. The van der Waals surface area contributed by atoms with E-state index in [4.69, 9.17) is 0 Å². The molecule has 5 aromatic carbocycles. The topological polar surface area (TPSA) is 49.4 Å². The molecule has 0 aliphatic carbocycles. The van der Waals surface area contributed by atoms with Crippen LogP contribution in [0.1, 0.15) is 49.0 Å². The van der Waals surface area contributed by atoms with Crippen LogP contribution in [0.4, 0.5) is 11.4 Å². The second-order valence-corrected chi connectivity index (χ2v) is 9.80. The normalized spacial score (nSPS) is 14.2. The van der Waals surface area contributed by atoms with E-state index in [0.29, 0.717) is 23.2 Å². The van der Waals surface area contributed by atoms with Crippen molar-refractivity contribution >= 4 is 35.3 Å². The molecule has 2 amide bonds. The van der Waals surface area contributed by atoms with Crippen LogP contribution in [0.15, 0.2) is 133 Å². The second kappa shape index (κ2) is 11.3. The lowest BCUT2D eigenvalue weighted by Crippen LogP contribution is -2.32. The molecule has 194 valence electrons. The molecule has 0 spiro atoms. The van der Waals surface area contributed by atoms with Crippen LogP contribution in [0, 0.1) is 0 Å². The minimum Gasteiger partial charge on any atom is -0.321 e. The highest BCUT2D eigenvalue weighted by Gasteiger charge is 2.36. The van der Waals surface area contributed by atoms with Gasteiger partial charge in [0.2, 0.25) is 0 Å². The van der Waals surface area contributed by atoms with E-state index in [-0.39, 0.29) is 17.9 Å². The molecular weight excluding hydrogens is 492 g/mol. The molecule has 0 unspecified atom stereocenters. The summed E-state index contributed by atoms with van der Waals surface area (Å²) in [6.45, 7) is 0. The number of rotatable bonds is 6. The number of carbonyl (C=O) groups excluding carboxylic acids is 2. The van der Waals surface area contributed by atoms with Gasteiger partial charge in [-0.2, -0.15) is 0 Å². The molecule has 1 heterocycles. The highest BCUT2D eigenvalue weighted by Crippen LogP contribution is 2.44. The Kier molecular flexibility index (Phi) is 7.06. The lowest BCUT2D eigenvalue weighted by Gasteiger charge is -2.26. The largest absolute Gasteiger partial charge is 0.321 e. The Morgan fingerprint density at radius 3 is 1.90 bits per heavy atom. The van der Waals surface area contributed by atoms with Crippen molar-refractivity contribution in [3.05, 3.63) is 167 Å². The van der Waals surface area contributed by atoms with Crippen LogP contribution < -0.4 is 10.2 Å². The van der Waals surface area contributed by atoms with Crippen LogP contribution in [0.25, 0.3) is 12.2 Å². The van der Waals surface area contributed by atoms with E-state index in [1.807, 2.05) is 120 Å². The number of fused-ring (bicyclic) bond motifs is 1. The number of anilines is 2. The summed E-state index contributed by atoms with van der Waals surface area (Å²) in [6, 6.07) is 42.6. The summed E-state index contributed by atoms with van der Waals surface area (Å²) in [7, 11) is 0. The molecule has 0 saturated carbocycles. The first-order valence-electron chi connectivity index (χ1n) is 13.4. The first-order valence-corrected chi connectivity index (χ1v) is 13.4. The number of benzene rings is 5. The lowest BCUT2D eigenvalue weighted by molar-refractivity contribution is 0.0978. The molecule has 40 heavy (non-hydrogen) atoms. The summed E-state index contributed by atoms with van der Waals surface area (Å²) in [5.41, 5.74) is 6.73. The van der Waals surface area contributed by atoms with E-state index in [1.54, 1.807) is 12.1 Å².